The van der Waals surface area contributed by atoms with E-state index in [1.807, 2.05) is 52.0 Å². The average Bonchev–Trinajstić information content (AvgIpc) is 2.55. The van der Waals surface area contributed by atoms with Gasteiger partial charge in [0.15, 0.2) is 0 Å². The number of amides is 2. The van der Waals surface area contributed by atoms with Gasteiger partial charge in [-0.1, -0.05) is 35.4 Å². The van der Waals surface area contributed by atoms with E-state index in [2.05, 4.69) is 5.43 Å². The summed E-state index contributed by atoms with van der Waals surface area (Å²) in [6, 6.07) is 11.5. The number of anilines is 1. The summed E-state index contributed by atoms with van der Waals surface area (Å²) in [5, 5.41) is 1.03. The Kier molecular flexibility index (Phi) is 6.22. The summed E-state index contributed by atoms with van der Waals surface area (Å²) in [4.78, 5) is 24.2. The topological polar surface area (TPSA) is 67.9 Å². The number of nitrogens with zero attached hydrogens (tertiary/aromatic N) is 1. The summed E-state index contributed by atoms with van der Waals surface area (Å²) in [6.45, 7) is 7.89. The van der Waals surface area contributed by atoms with Crippen LogP contribution < -0.4 is 10.4 Å². The summed E-state index contributed by atoms with van der Waals surface area (Å²) >= 11 is 0. The van der Waals surface area contributed by atoms with Crippen molar-refractivity contribution in [3.8, 4) is 0 Å². The fraction of sp³-hybridized carbons (Fsp3) is 0.300. The van der Waals surface area contributed by atoms with Crippen molar-refractivity contribution in [1.29, 1.82) is 0 Å². The van der Waals surface area contributed by atoms with Crippen LogP contribution in [0.3, 0.4) is 0 Å². The van der Waals surface area contributed by atoms with E-state index < -0.39 is 12.2 Å². The smallest absolute Gasteiger partial charge is 0.433 e. The Morgan fingerprint density at radius 2 is 1.38 bits per heavy atom. The Hall–Kier alpha value is -3.02. The van der Waals surface area contributed by atoms with Gasteiger partial charge >= 0.3 is 12.2 Å². The van der Waals surface area contributed by atoms with Crippen molar-refractivity contribution in [2.75, 3.05) is 12.1 Å². The minimum absolute atomic E-state index is 0.107. The van der Waals surface area contributed by atoms with Gasteiger partial charge in [-0.05, 0) is 56.5 Å². The lowest BCUT2D eigenvalue weighted by Crippen LogP contribution is -2.46. The highest BCUT2D eigenvalue weighted by molar-refractivity contribution is 5.90. The molecule has 138 valence electrons. The molecular weight excluding hydrogens is 332 g/mol. The molecule has 6 heteroatoms. The number of rotatable bonds is 3. The third-order valence-corrected chi connectivity index (χ3v) is 3.68. The second-order valence-electron chi connectivity index (χ2n) is 6.34. The Morgan fingerprint density at radius 3 is 1.88 bits per heavy atom. The third-order valence-electron chi connectivity index (χ3n) is 3.68. The van der Waals surface area contributed by atoms with Crippen LogP contribution in [-0.2, 0) is 16.1 Å². The average molecular weight is 356 g/mol. The van der Waals surface area contributed by atoms with Crippen molar-refractivity contribution in [3.05, 3.63) is 64.2 Å². The Balaban J connectivity index is 2.10. The molecule has 0 aliphatic heterocycles. The van der Waals surface area contributed by atoms with Gasteiger partial charge in [-0.15, -0.1) is 0 Å². The van der Waals surface area contributed by atoms with Crippen LogP contribution in [0.25, 0.3) is 0 Å². The molecule has 26 heavy (non-hydrogen) atoms. The van der Waals surface area contributed by atoms with Crippen LogP contribution in [0.2, 0.25) is 0 Å². The first-order valence-electron chi connectivity index (χ1n) is 8.25. The van der Waals surface area contributed by atoms with E-state index in [0.29, 0.717) is 5.69 Å². The van der Waals surface area contributed by atoms with E-state index in [1.54, 1.807) is 12.1 Å². The van der Waals surface area contributed by atoms with Gasteiger partial charge in [0.25, 0.3) is 0 Å². The van der Waals surface area contributed by atoms with Crippen LogP contribution >= 0.6 is 0 Å². The highest BCUT2D eigenvalue weighted by Crippen LogP contribution is 2.18. The molecule has 0 spiro atoms. The number of hydrazine groups is 1. The molecule has 0 radical (unpaired) electrons. The van der Waals surface area contributed by atoms with Crippen LogP contribution in [0.4, 0.5) is 15.3 Å². The van der Waals surface area contributed by atoms with Gasteiger partial charge in [0.05, 0.1) is 12.8 Å². The SMILES string of the molecule is COC(=O)N(NC(=O)OCc1cc(C)cc(C)c1)c1cc(C)cc(C)c1. The maximum Gasteiger partial charge on any atom is 0.433 e. The first-order chi connectivity index (χ1) is 12.3. The molecule has 0 atom stereocenters. The second-order valence-corrected chi connectivity index (χ2v) is 6.34. The van der Waals surface area contributed by atoms with E-state index in [9.17, 15) is 9.59 Å². The van der Waals surface area contributed by atoms with Gasteiger partial charge in [-0.3, -0.25) is 0 Å². The molecule has 0 unspecified atom stereocenters. The zero-order chi connectivity index (χ0) is 19.3. The van der Waals surface area contributed by atoms with Crippen LogP contribution in [0.1, 0.15) is 27.8 Å². The van der Waals surface area contributed by atoms with Crippen molar-refractivity contribution in [2.24, 2.45) is 0 Å². The van der Waals surface area contributed by atoms with Crippen LogP contribution in [0.15, 0.2) is 36.4 Å². The zero-order valence-electron chi connectivity index (χ0n) is 15.8. The second kappa shape index (κ2) is 8.38. The maximum absolute atomic E-state index is 12.2. The zero-order valence-corrected chi connectivity index (χ0v) is 15.8. The normalized spacial score (nSPS) is 10.2. The van der Waals surface area contributed by atoms with Gasteiger partial charge in [0.2, 0.25) is 0 Å². The number of aryl methyl sites for hydroxylation is 4. The summed E-state index contributed by atoms with van der Waals surface area (Å²) in [6.07, 6.45) is -1.45. The van der Waals surface area contributed by atoms with Crippen molar-refractivity contribution in [2.45, 2.75) is 34.3 Å². The van der Waals surface area contributed by atoms with Gasteiger partial charge in [-0.25, -0.2) is 15.0 Å². The van der Waals surface area contributed by atoms with Crippen molar-refractivity contribution in [3.63, 3.8) is 0 Å². The quantitative estimate of drug-likeness (QED) is 0.831. The predicted molar refractivity (Wildman–Crippen MR) is 100 cm³/mol. The predicted octanol–water partition coefficient (Wildman–Crippen LogP) is 4.33. The standard InChI is InChI=1S/C20H24N2O4/c1-13-6-14(2)9-17(8-13)12-26-19(23)21-22(20(24)25-5)18-10-15(3)7-16(4)11-18/h6-11H,12H2,1-5H3,(H,21,23). The monoisotopic (exact) mass is 356 g/mol. The van der Waals surface area contributed by atoms with E-state index in [-0.39, 0.29) is 6.61 Å². The van der Waals surface area contributed by atoms with Crippen molar-refractivity contribution < 1.29 is 19.1 Å². The first-order valence-corrected chi connectivity index (χ1v) is 8.25. The van der Waals surface area contributed by atoms with E-state index in [4.69, 9.17) is 9.47 Å². The number of hydrogen-bond acceptors (Lipinski definition) is 4. The molecular formula is C20H24N2O4. The molecule has 0 aliphatic rings. The molecule has 2 amide bonds. The molecule has 0 aromatic heterocycles. The molecule has 0 fully saturated rings. The fourth-order valence-electron chi connectivity index (χ4n) is 2.81. The highest BCUT2D eigenvalue weighted by Gasteiger charge is 2.20. The van der Waals surface area contributed by atoms with Crippen molar-refractivity contribution >= 4 is 17.9 Å². The Morgan fingerprint density at radius 1 is 0.885 bits per heavy atom. The number of ether oxygens (including phenoxy) is 2. The molecule has 0 bridgehead atoms. The number of hydrogen-bond donors (Lipinski definition) is 1. The molecule has 6 nitrogen and oxygen atoms in total. The molecule has 2 aromatic rings. The summed E-state index contributed by atoms with van der Waals surface area (Å²) in [5.41, 5.74) is 7.92. The fourth-order valence-corrected chi connectivity index (χ4v) is 2.81. The number of methoxy groups -OCH3 is 1. The maximum atomic E-state index is 12.2. The molecule has 0 saturated heterocycles. The van der Waals surface area contributed by atoms with Crippen LogP contribution in [0, 0.1) is 27.7 Å². The highest BCUT2D eigenvalue weighted by atomic mass is 16.6. The molecule has 0 heterocycles. The molecule has 0 saturated carbocycles. The van der Waals surface area contributed by atoms with Gasteiger partial charge in [0.1, 0.15) is 6.61 Å². The third kappa shape index (κ3) is 5.24. The van der Waals surface area contributed by atoms with Crippen LogP contribution in [0.5, 0.6) is 0 Å². The number of carbonyl (C=O) groups excluding carboxylic acids is 2. The molecule has 2 aromatic carbocycles. The van der Waals surface area contributed by atoms with Gasteiger partial charge in [0, 0.05) is 0 Å². The molecule has 2 rings (SSSR count). The first kappa shape index (κ1) is 19.3. The van der Waals surface area contributed by atoms with Crippen molar-refractivity contribution in [1.82, 2.24) is 5.43 Å². The van der Waals surface area contributed by atoms with E-state index in [0.717, 1.165) is 32.8 Å². The lowest BCUT2D eigenvalue weighted by atomic mass is 10.1. The summed E-state index contributed by atoms with van der Waals surface area (Å²) in [7, 11) is 1.25. The Labute approximate surface area is 153 Å². The lowest BCUT2D eigenvalue weighted by Gasteiger charge is -2.22. The van der Waals surface area contributed by atoms with Crippen LogP contribution in [-0.4, -0.2) is 19.3 Å². The molecule has 0 aliphatic carbocycles. The number of carbonyl (C=O) groups is 2. The summed E-state index contributed by atoms with van der Waals surface area (Å²) < 4.78 is 10.0. The van der Waals surface area contributed by atoms with E-state index >= 15 is 0 Å². The lowest BCUT2D eigenvalue weighted by molar-refractivity contribution is 0.134. The van der Waals surface area contributed by atoms with Gasteiger partial charge < -0.3 is 9.47 Å². The number of benzene rings is 2. The number of nitrogens with one attached hydrogen (secondary N) is 1. The van der Waals surface area contributed by atoms with Gasteiger partial charge in [-0.2, -0.15) is 5.01 Å². The minimum atomic E-state index is -0.742. The van der Waals surface area contributed by atoms with E-state index in [1.165, 1.54) is 7.11 Å². The summed E-state index contributed by atoms with van der Waals surface area (Å²) in [5.74, 6) is 0. The Bertz CT molecular complexity index is 777. The minimum Gasteiger partial charge on any atom is -0.451 e. The molecule has 1 N–H and O–H groups in total. The largest absolute Gasteiger partial charge is 0.451 e.